The lowest BCUT2D eigenvalue weighted by Gasteiger charge is -2.17. The zero-order valence-corrected chi connectivity index (χ0v) is 17.0. The molecule has 0 spiro atoms. The van der Waals surface area contributed by atoms with Crippen LogP contribution in [0.4, 0.5) is 11.4 Å². The van der Waals surface area contributed by atoms with E-state index < -0.39 is 0 Å². The number of pyridine rings is 1. The highest BCUT2D eigenvalue weighted by molar-refractivity contribution is 7.99. The molecule has 1 aromatic heterocycles. The van der Waals surface area contributed by atoms with Crippen LogP contribution in [-0.2, 0) is 4.79 Å². The van der Waals surface area contributed by atoms with E-state index in [2.05, 4.69) is 10.3 Å². The summed E-state index contributed by atoms with van der Waals surface area (Å²) in [6.45, 7) is 0.684. The van der Waals surface area contributed by atoms with Gasteiger partial charge in [0.1, 0.15) is 5.03 Å². The van der Waals surface area contributed by atoms with Gasteiger partial charge in [0.15, 0.2) is 0 Å². The molecule has 0 saturated carbocycles. The summed E-state index contributed by atoms with van der Waals surface area (Å²) in [4.78, 5) is 31.6. The first-order valence-electron chi connectivity index (χ1n) is 9.20. The van der Waals surface area contributed by atoms with Crippen LogP contribution < -0.4 is 10.2 Å². The molecule has 7 heteroatoms. The Hall–Kier alpha value is -2.83. The number of hydrogen-bond acceptors (Lipinski definition) is 4. The van der Waals surface area contributed by atoms with Gasteiger partial charge in [-0.25, -0.2) is 4.98 Å². The first-order chi connectivity index (χ1) is 14.1. The molecule has 1 aliphatic heterocycles. The summed E-state index contributed by atoms with van der Waals surface area (Å²) in [7, 11) is 0. The Kier molecular flexibility index (Phi) is 5.83. The molecule has 1 saturated heterocycles. The average Bonchev–Trinajstić information content (AvgIpc) is 3.17. The number of nitrogens with one attached hydrogen (secondary N) is 1. The molecule has 0 aliphatic carbocycles. The number of aromatic nitrogens is 1. The number of amides is 2. The SMILES string of the molecule is O=C(Nc1cc(N2CCCC2=O)ccc1Cl)c1ccc(Sc2ccccn2)cc1. The van der Waals surface area contributed by atoms with Gasteiger partial charge < -0.3 is 10.2 Å². The van der Waals surface area contributed by atoms with E-state index in [-0.39, 0.29) is 11.8 Å². The quantitative estimate of drug-likeness (QED) is 0.607. The van der Waals surface area contributed by atoms with Gasteiger partial charge in [-0.1, -0.05) is 29.4 Å². The average molecular weight is 424 g/mol. The van der Waals surface area contributed by atoms with Crippen molar-refractivity contribution in [3.05, 3.63) is 77.4 Å². The molecule has 146 valence electrons. The molecular formula is C22H18ClN3O2S. The Morgan fingerprint density at radius 2 is 1.93 bits per heavy atom. The third-order valence-electron chi connectivity index (χ3n) is 4.56. The Labute approximate surface area is 178 Å². The number of hydrogen-bond donors (Lipinski definition) is 1. The summed E-state index contributed by atoms with van der Waals surface area (Å²) in [6, 6.07) is 18.3. The Morgan fingerprint density at radius 1 is 1.10 bits per heavy atom. The number of carbonyl (C=O) groups excluding carboxylic acids is 2. The van der Waals surface area contributed by atoms with Crippen molar-refractivity contribution in [2.24, 2.45) is 0 Å². The van der Waals surface area contributed by atoms with Crippen LogP contribution in [0.1, 0.15) is 23.2 Å². The highest BCUT2D eigenvalue weighted by atomic mass is 35.5. The van der Waals surface area contributed by atoms with E-state index >= 15 is 0 Å². The molecule has 2 aromatic carbocycles. The summed E-state index contributed by atoms with van der Waals surface area (Å²) in [6.07, 6.45) is 3.14. The maximum Gasteiger partial charge on any atom is 0.255 e. The minimum atomic E-state index is -0.258. The fourth-order valence-electron chi connectivity index (χ4n) is 3.10. The number of carbonyl (C=O) groups is 2. The fraction of sp³-hybridized carbons (Fsp3) is 0.136. The topological polar surface area (TPSA) is 62.3 Å². The van der Waals surface area contributed by atoms with Gasteiger partial charge in [-0.2, -0.15) is 0 Å². The third-order valence-corrected chi connectivity index (χ3v) is 5.85. The predicted molar refractivity (Wildman–Crippen MR) is 116 cm³/mol. The maximum atomic E-state index is 12.7. The van der Waals surface area contributed by atoms with E-state index in [1.807, 2.05) is 30.3 Å². The van der Waals surface area contributed by atoms with Crippen LogP contribution in [0.15, 0.2) is 76.8 Å². The molecule has 1 aliphatic rings. The van der Waals surface area contributed by atoms with Gasteiger partial charge in [-0.3, -0.25) is 9.59 Å². The van der Waals surface area contributed by atoms with Crippen molar-refractivity contribution >= 4 is 46.6 Å². The van der Waals surface area contributed by atoms with Gasteiger partial charge in [0.25, 0.3) is 5.91 Å². The van der Waals surface area contributed by atoms with Crippen LogP contribution in [0.3, 0.4) is 0 Å². The van der Waals surface area contributed by atoms with Crippen molar-refractivity contribution in [3.63, 3.8) is 0 Å². The Balaban J connectivity index is 1.47. The van der Waals surface area contributed by atoms with Crippen LogP contribution in [0.25, 0.3) is 0 Å². The van der Waals surface area contributed by atoms with Crippen molar-refractivity contribution in [3.8, 4) is 0 Å². The monoisotopic (exact) mass is 423 g/mol. The molecule has 0 bridgehead atoms. The number of benzene rings is 2. The summed E-state index contributed by atoms with van der Waals surface area (Å²) >= 11 is 7.79. The van der Waals surface area contributed by atoms with Gasteiger partial charge in [0, 0.05) is 35.3 Å². The van der Waals surface area contributed by atoms with Crippen LogP contribution in [0, 0.1) is 0 Å². The van der Waals surface area contributed by atoms with Crippen molar-refractivity contribution in [2.75, 3.05) is 16.8 Å². The molecular weight excluding hydrogens is 406 g/mol. The Morgan fingerprint density at radius 3 is 2.62 bits per heavy atom. The number of nitrogens with zero attached hydrogens (tertiary/aromatic N) is 2. The van der Waals surface area contributed by atoms with E-state index in [1.165, 1.54) is 11.8 Å². The zero-order chi connectivity index (χ0) is 20.2. The van der Waals surface area contributed by atoms with Gasteiger partial charge in [-0.15, -0.1) is 0 Å². The molecule has 0 atom stereocenters. The fourth-order valence-corrected chi connectivity index (χ4v) is 4.03. The summed E-state index contributed by atoms with van der Waals surface area (Å²) < 4.78 is 0. The second kappa shape index (κ2) is 8.68. The Bertz CT molecular complexity index is 1040. The molecule has 3 aromatic rings. The van der Waals surface area contributed by atoms with Crippen LogP contribution in [-0.4, -0.2) is 23.3 Å². The minimum absolute atomic E-state index is 0.0885. The molecule has 29 heavy (non-hydrogen) atoms. The zero-order valence-electron chi connectivity index (χ0n) is 15.5. The molecule has 1 N–H and O–H groups in total. The highest BCUT2D eigenvalue weighted by Crippen LogP contribution is 2.31. The largest absolute Gasteiger partial charge is 0.321 e. The number of rotatable bonds is 5. The minimum Gasteiger partial charge on any atom is -0.321 e. The third kappa shape index (κ3) is 4.60. The lowest BCUT2D eigenvalue weighted by molar-refractivity contribution is -0.117. The standard InChI is InChI=1S/C22H18ClN3O2S/c23-18-11-8-16(26-13-3-5-21(26)27)14-19(18)25-22(28)15-6-9-17(10-7-15)29-20-4-1-2-12-24-20/h1-2,4,6-12,14H,3,5,13H2,(H,25,28). The van der Waals surface area contributed by atoms with Gasteiger partial charge >= 0.3 is 0 Å². The molecule has 0 radical (unpaired) electrons. The normalized spacial score (nSPS) is 13.6. The molecule has 2 amide bonds. The second-order valence-corrected chi connectivity index (χ2v) is 8.06. The summed E-state index contributed by atoms with van der Waals surface area (Å²) in [5.74, 6) is -0.170. The van der Waals surface area contributed by atoms with Crippen molar-refractivity contribution in [1.29, 1.82) is 0 Å². The van der Waals surface area contributed by atoms with Crippen LogP contribution >= 0.6 is 23.4 Å². The van der Waals surface area contributed by atoms with E-state index in [9.17, 15) is 9.59 Å². The molecule has 2 heterocycles. The van der Waals surface area contributed by atoms with Gasteiger partial charge in [0.05, 0.1) is 10.7 Å². The van der Waals surface area contributed by atoms with Gasteiger partial charge in [-0.05, 0) is 61.0 Å². The predicted octanol–water partition coefficient (Wildman–Crippen LogP) is 5.27. The first kappa shape index (κ1) is 19.5. The van der Waals surface area contributed by atoms with E-state index in [0.717, 1.165) is 22.0 Å². The van der Waals surface area contributed by atoms with E-state index in [0.29, 0.717) is 29.2 Å². The molecule has 1 fully saturated rings. The van der Waals surface area contributed by atoms with Crippen molar-refractivity contribution in [1.82, 2.24) is 4.98 Å². The summed E-state index contributed by atoms with van der Waals surface area (Å²) in [5.41, 5.74) is 1.75. The van der Waals surface area contributed by atoms with Crippen molar-refractivity contribution in [2.45, 2.75) is 22.8 Å². The van der Waals surface area contributed by atoms with E-state index in [4.69, 9.17) is 11.6 Å². The van der Waals surface area contributed by atoms with Crippen LogP contribution in [0.2, 0.25) is 5.02 Å². The first-order valence-corrected chi connectivity index (χ1v) is 10.4. The van der Waals surface area contributed by atoms with Crippen molar-refractivity contribution < 1.29 is 9.59 Å². The summed E-state index contributed by atoms with van der Waals surface area (Å²) in [5, 5.41) is 4.17. The lowest BCUT2D eigenvalue weighted by atomic mass is 10.2. The number of halogens is 1. The molecule has 5 nitrogen and oxygen atoms in total. The second-order valence-electron chi connectivity index (χ2n) is 6.56. The molecule has 4 rings (SSSR count). The number of anilines is 2. The van der Waals surface area contributed by atoms with E-state index in [1.54, 1.807) is 41.4 Å². The highest BCUT2D eigenvalue weighted by Gasteiger charge is 2.22. The molecule has 0 unspecified atom stereocenters. The lowest BCUT2D eigenvalue weighted by Crippen LogP contribution is -2.23. The maximum absolute atomic E-state index is 12.7. The van der Waals surface area contributed by atoms with Gasteiger partial charge in [0.2, 0.25) is 5.91 Å². The van der Waals surface area contributed by atoms with Crippen LogP contribution in [0.5, 0.6) is 0 Å². The smallest absolute Gasteiger partial charge is 0.255 e.